The fourth-order valence-corrected chi connectivity index (χ4v) is 2.69. The predicted octanol–water partition coefficient (Wildman–Crippen LogP) is 1.37. The highest BCUT2D eigenvalue weighted by Gasteiger charge is 2.19. The van der Waals surface area contributed by atoms with Crippen LogP contribution >= 0.6 is 0 Å². The average Bonchev–Trinajstić information content (AvgIpc) is 2.88. The summed E-state index contributed by atoms with van der Waals surface area (Å²) in [5.74, 6) is 0.439. The first-order valence-electron chi connectivity index (χ1n) is 7.49. The van der Waals surface area contributed by atoms with Crippen LogP contribution in [0, 0.1) is 5.92 Å². The van der Waals surface area contributed by atoms with Gasteiger partial charge in [0.15, 0.2) is 5.69 Å². The fraction of sp³-hybridized carbons (Fsp3) is 0.786. The van der Waals surface area contributed by atoms with Crippen molar-refractivity contribution in [3.8, 4) is 0 Å². The molecule has 1 amide bonds. The molecule has 1 aromatic heterocycles. The number of piperidine rings is 1. The van der Waals surface area contributed by atoms with Crippen LogP contribution in [-0.4, -0.2) is 40.0 Å². The molecule has 0 saturated carbocycles. The van der Waals surface area contributed by atoms with Gasteiger partial charge in [0.1, 0.15) is 0 Å². The molecule has 1 saturated heterocycles. The van der Waals surface area contributed by atoms with E-state index in [-0.39, 0.29) is 11.9 Å². The molecule has 112 valence electrons. The zero-order chi connectivity index (χ0) is 14.5. The van der Waals surface area contributed by atoms with Crippen LogP contribution in [0.3, 0.4) is 0 Å². The summed E-state index contributed by atoms with van der Waals surface area (Å²) in [7, 11) is 0. The molecular weight excluding hydrogens is 254 g/mol. The smallest absolute Gasteiger partial charge is 0.273 e. The van der Waals surface area contributed by atoms with Gasteiger partial charge in [-0.1, -0.05) is 19.1 Å². The SMILES string of the molecule is CC(C)CC(C)NC(=O)c1cn(C2CCNCC2)nn1. The van der Waals surface area contributed by atoms with E-state index >= 15 is 0 Å². The van der Waals surface area contributed by atoms with Crippen molar-refractivity contribution in [3.05, 3.63) is 11.9 Å². The van der Waals surface area contributed by atoms with Crippen molar-refractivity contribution in [3.63, 3.8) is 0 Å². The third-order valence-electron chi connectivity index (χ3n) is 3.63. The molecule has 0 aliphatic carbocycles. The number of carbonyl (C=O) groups excluding carboxylic acids is 1. The van der Waals surface area contributed by atoms with Crippen LogP contribution in [0.25, 0.3) is 0 Å². The van der Waals surface area contributed by atoms with Gasteiger partial charge in [-0.25, -0.2) is 4.68 Å². The van der Waals surface area contributed by atoms with Gasteiger partial charge in [0.05, 0.1) is 12.2 Å². The Morgan fingerprint density at radius 3 is 2.80 bits per heavy atom. The number of aromatic nitrogens is 3. The van der Waals surface area contributed by atoms with Crippen molar-refractivity contribution in [1.29, 1.82) is 0 Å². The molecule has 2 heterocycles. The Bertz CT molecular complexity index is 437. The van der Waals surface area contributed by atoms with E-state index in [1.165, 1.54) is 0 Å². The lowest BCUT2D eigenvalue weighted by Gasteiger charge is -2.22. The maximum atomic E-state index is 12.1. The van der Waals surface area contributed by atoms with E-state index < -0.39 is 0 Å². The number of nitrogens with one attached hydrogen (secondary N) is 2. The van der Waals surface area contributed by atoms with Crippen molar-refractivity contribution in [1.82, 2.24) is 25.6 Å². The van der Waals surface area contributed by atoms with Crippen LogP contribution in [0.4, 0.5) is 0 Å². The second kappa shape index (κ2) is 6.83. The van der Waals surface area contributed by atoms with E-state index in [1.54, 1.807) is 6.20 Å². The summed E-state index contributed by atoms with van der Waals surface area (Å²) in [5, 5.41) is 14.4. The summed E-state index contributed by atoms with van der Waals surface area (Å²) < 4.78 is 1.84. The van der Waals surface area contributed by atoms with E-state index in [0.717, 1.165) is 32.4 Å². The summed E-state index contributed by atoms with van der Waals surface area (Å²) in [4.78, 5) is 12.1. The summed E-state index contributed by atoms with van der Waals surface area (Å²) in [5.41, 5.74) is 0.416. The standard InChI is InChI=1S/C14H25N5O/c1-10(2)8-11(3)16-14(20)13-9-19(18-17-13)12-4-6-15-7-5-12/h9-12,15H,4-8H2,1-3H3,(H,16,20). The van der Waals surface area contributed by atoms with Gasteiger partial charge in [-0.3, -0.25) is 4.79 Å². The lowest BCUT2D eigenvalue weighted by atomic mass is 10.1. The normalized spacial score (nSPS) is 18.2. The topological polar surface area (TPSA) is 71.8 Å². The van der Waals surface area contributed by atoms with Crippen LogP contribution in [0.1, 0.15) is 56.6 Å². The number of amides is 1. The van der Waals surface area contributed by atoms with Gasteiger partial charge >= 0.3 is 0 Å². The molecule has 1 aliphatic rings. The highest BCUT2D eigenvalue weighted by atomic mass is 16.2. The zero-order valence-electron chi connectivity index (χ0n) is 12.6. The number of nitrogens with zero attached hydrogens (tertiary/aromatic N) is 3. The van der Waals surface area contributed by atoms with E-state index in [0.29, 0.717) is 17.7 Å². The molecular formula is C14H25N5O. The molecule has 1 aromatic rings. The van der Waals surface area contributed by atoms with Gasteiger partial charge in [-0.2, -0.15) is 0 Å². The van der Waals surface area contributed by atoms with E-state index in [1.807, 2.05) is 11.6 Å². The molecule has 6 nitrogen and oxygen atoms in total. The predicted molar refractivity (Wildman–Crippen MR) is 77.5 cm³/mol. The summed E-state index contributed by atoms with van der Waals surface area (Å²) in [6.07, 6.45) is 4.81. The molecule has 0 bridgehead atoms. The van der Waals surface area contributed by atoms with Crippen LogP contribution in [0.5, 0.6) is 0 Å². The molecule has 20 heavy (non-hydrogen) atoms. The fourth-order valence-electron chi connectivity index (χ4n) is 2.69. The molecule has 2 rings (SSSR count). The first-order chi connectivity index (χ1) is 9.56. The molecule has 0 aromatic carbocycles. The number of hydrogen-bond donors (Lipinski definition) is 2. The highest BCUT2D eigenvalue weighted by Crippen LogP contribution is 2.17. The van der Waals surface area contributed by atoms with Gasteiger partial charge in [0.2, 0.25) is 0 Å². The van der Waals surface area contributed by atoms with Crippen molar-refractivity contribution >= 4 is 5.91 Å². The van der Waals surface area contributed by atoms with E-state index in [4.69, 9.17) is 0 Å². The number of rotatable bonds is 5. The largest absolute Gasteiger partial charge is 0.348 e. The van der Waals surface area contributed by atoms with Gasteiger partial charge < -0.3 is 10.6 Å². The zero-order valence-corrected chi connectivity index (χ0v) is 12.6. The summed E-state index contributed by atoms with van der Waals surface area (Å²) in [6.45, 7) is 8.32. The minimum absolute atomic E-state index is 0.127. The Morgan fingerprint density at radius 2 is 2.15 bits per heavy atom. The molecule has 2 N–H and O–H groups in total. The van der Waals surface area contributed by atoms with Crippen LogP contribution in [-0.2, 0) is 0 Å². The third kappa shape index (κ3) is 4.03. The second-order valence-corrected chi connectivity index (χ2v) is 6.07. The lowest BCUT2D eigenvalue weighted by Crippen LogP contribution is -2.33. The first-order valence-corrected chi connectivity index (χ1v) is 7.49. The molecule has 0 radical (unpaired) electrons. The van der Waals surface area contributed by atoms with Crippen molar-refractivity contribution in [2.75, 3.05) is 13.1 Å². The maximum absolute atomic E-state index is 12.1. The van der Waals surface area contributed by atoms with Gasteiger partial charge in [0, 0.05) is 6.04 Å². The molecule has 1 unspecified atom stereocenters. The molecule has 6 heteroatoms. The van der Waals surface area contributed by atoms with Crippen molar-refractivity contribution < 1.29 is 4.79 Å². The third-order valence-corrected chi connectivity index (χ3v) is 3.63. The maximum Gasteiger partial charge on any atom is 0.273 e. The average molecular weight is 279 g/mol. The van der Waals surface area contributed by atoms with Crippen molar-refractivity contribution in [2.45, 2.75) is 52.1 Å². The minimum Gasteiger partial charge on any atom is -0.348 e. The Hall–Kier alpha value is -1.43. The monoisotopic (exact) mass is 279 g/mol. The molecule has 0 spiro atoms. The second-order valence-electron chi connectivity index (χ2n) is 6.07. The highest BCUT2D eigenvalue weighted by molar-refractivity contribution is 5.92. The van der Waals surface area contributed by atoms with Crippen molar-refractivity contribution in [2.24, 2.45) is 5.92 Å². The van der Waals surface area contributed by atoms with Crippen LogP contribution in [0.15, 0.2) is 6.20 Å². The Morgan fingerprint density at radius 1 is 1.45 bits per heavy atom. The molecule has 1 aliphatic heterocycles. The molecule has 1 fully saturated rings. The summed E-state index contributed by atoms with van der Waals surface area (Å²) in [6, 6.07) is 0.518. The number of hydrogen-bond acceptors (Lipinski definition) is 4. The minimum atomic E-state index is -0.127. The lowest BCUT2D eigenvalue weighted by molar-refractivity contribution is 0.0931. The summed E-state index contributed by atoms with van der Waals surface area (Å²) >= 11 is 0. The van der Waals surface area contributed by atoms with Crippen LogP contribution in [0.2, 0.25) is 0 Å². The first kappa shape index (κ1) is 15.0. The van der Waals surface area contributed by atoms with E-state index in [9.17, 15) is 4.79 Å². The van der Waals surface area contributed by atoms with Gasteiger partial charge in [-0.15, -0.1) is 5.10 Å². The Kier molecular flexibility index (Phi) is 5.11. The van der Waals surface area contributed by atoms with Crippen LogP contribution < -0.4 is 10.6 Å². The van der Waals surface area contributed by atoms with Gasteiger partial charge in [-0.05, 0) is 45.2 Å². The van der Waals surface area contributed by atoms with E-state index in [2.05, 4.69) is 34.8 Å². The Balaban J connectivity index is 1.92. The quantitative estimate of drug-likeness (QED) is 0.854. The Labute approximate surface area is 120 Å². The number of carbonyl (C=O) groups is 1. The molecule has 1 atom stereocenters. The van der Waals surface area contributed by atoms with Gasteiger partial charge in [0.25, 0.3) is 5.91 Å².